The highest BCUT2D eigenvalue weighted by Crippen LogP contribution is 2.27. The molecule has 0 aliphatic rings. The molecule has 1 heterocycles. The average molecular weight is 272 g/mol. The second kappa shape index (κ2) is 7.34. The van der Waals surface area contributed by atoms with Crippen LogP contribution in [-0.2, 0) is 0 Å². The fraction of sp³-hybridized carbons (Fsp3) is 0.0667. The third kappa shape index (κ3) is 4.23. The minimum Gasteiger partial charge on any atom is -0.266 e. The van der Waals surface area contributed by atoms with E-state index in [4.69, 9.17) is 11.6 Å². The van der Waals surface area contributed by atoms with Gasteiger partial charge in [0.05, 0.1) is 5.38 Å². The number of hydrogen-bond donors (Lipinski definition) is 1. The molecule has 19 heavy (non-hydrogen) atoms. The van der Waals surface area contributed by atoms with Gasteiger partial charge in [0.25, 0.3) is 0 Å². The molecule has 0 bridgehead atoms. The van der Waals surface area contributed by atoms with Gasteiger partial charge in [-0.15, -0.1) is 11.6 Å². The predicted molar refractivity (Wildman–Crippen MR) is 77.0 cm³/mol. The number of H-pyrrole nitrogens is 1. The van der Waals surface area contributed by atoms with Crippen molar-refractivity contribution in [2.24, 2.45) is 0 Å². The number of benzene rings is 2. The topological polar surface area (TPSA) is 41.6 Å². The first-order valence-corrected chi connectivity index (χ1v) is 6.34. The van der Waals surface area contributed by atoms with Crippen molar-refractivity contribution in [3.8, 4) is 0 Å². The standard InChI is InChI=1S/C13H11Cl.C2H3N3/c14-13(11-7-3-1-4-8-11)12-9-5-2-6-10-12;1-3-2-5-4-1/h1-10,13H;1-2H,(H,3,4,5). The number of halogens is 1. The maximum absolute atomic E-state index is 6.33. The molecule has 2 aromatic carbocycles. The molecule has 0 atom stereocenters. The van der Waals surface area contributed by atoms with Gasteiger partial charge in [-0.3, -0.25) is 5.10 Å². The Morgan fingerprint density at radius 1 is 0.842 bits per heavy atom. The third-order valence-electron chi connectivity index (χ3n) is 2.52. The lowest BCUT2D eigenvalue weighted by Gasteiger charge is -2.09. The molecule has 0 saturated carbocycles. The lowest BCUT2D eigenvalue weighted by Crippen LogP contribution is -1.91. The summed E-state index contributed by atoms with van der Waals surface area (Å²) >= 11 is 6.33. The van der Waals surface area contributed by atoms with Crippen LogP contribution in [0.2, 0.25) is 0 Å². The summed E-state index contributed by atoms with van der Waals surface area (Å²) in [5.74, 6) is 0. The van der Waals surface area contributed by atoms with Crippen molar-refractivity contribution in [3.63, 3.8) is 0 Å². The zero-order valence-corrected chi connectivity index (χ0v) is 11.0. The number of alkyl halides is 1. The van der Waals surface area contributed by atoms with Gasteiger partial charge in [-0.1, -0.05) is 60.7 Å². The fourth-order valence-electron chi connectivity index (χ4n) is 1.60. The summed E-state index contributed by atoms with van der Waals surface area (Å²) < 4.78 is 0. The Morgan fingerprint density at radius 3 is 1.68 bits per heavy atom. The summed E-state index contributed by atoms with van der Waals surface area (Å²) in [6, 6.07) is 20.2. The van der Waals surface area contributed by atoms with E-state index in [0.717, 1.165) is 11.1 Å². The Morgan fingerprint density at radius 2 is 1.37 bits per heavy atom. The molecule has 0 fully saturated rings. The van der Waals surface area contributed by atoms with Crippen molar-refractivity contribution in [2.75, 3.05) is 0 Å². The van der Waals surface area contributed by atoms with Gasteiger partial charge in [-0.05, 0) is 11.1 Å². The summed E-state index contributed by atoms with van der Waals surface area (Å²) in [6.45, 7) is 0. The summed E-state index contributed by atoms with van der Waals surface area (Å²) in [6.07, 6.45) is 2.96. The number of hydrogen-bond acceptors (Lipinski definition) is 2. The predicted octanol–water partition coefficient (Wildman–Crippen LogP) is 3.82. The summed E-state index contributed by atoms with van der Waals surface area (Å²) in [4.78, 5) is 3.56. The number of nitrogens with zero attached hydrogens (tertiary/aromatic N) is 2. The van der Waals surface area contributed by atoms with Gasteiger partial charge in [-0.25, -0.2) is 4.98 Å². The van der Waals surface area contributed by atoms with Gasteiger partial charge < -0.3 is 0 Å². The molecule has 0 spiro atoms. The van der Waals surface area contributed by atoms with Crippen LogP contribution >= 0.6 is 11.6 Å². The van der Waals surface area contributed by atoms with E-state index in [1.165, 1.54) is 12.7 Å². The smallest absolute Gasteiger partial charge is 0.137 e. The maximum atomic E-state index is 6.33. The van der Waals surface area contributed by atoms with E-state index < -0.39 is 0 Å². The van der Waals surface area contributed by atoms with Crippen LogP contribution in [0.1, 0.15) is 16.5 Å². The number of nitrogens with one attached hydrogen (secondary N) is 1. The lowest BCUT2D eigenvalue weighted by molar-refractivity contribution is 1.09. The molecule has 3 rings (SSSR count). The molecule has 0 unspecified atom stereocenters. The van der Waals surface area contributed by atoms with Crippen molar-refractivity contribution < 1.29 is 0 Å². The van der Waals surface area contributed by atoms with E-state index in [2.05, 4.69) is 15.2 Å². The zero-order chi connectivity index (χ0) is 13.3. The molecular formula is C15H14ClN3. The van der Waals surface area contributed by atoms with E-state index >= 15 is 0 Å². The molecule has 1 N–H and O–H groups in total. The van der Waals surface area contributed by atoms with Gasteiger partial charge >= 0.3 is 0 Å². The molecule has 3 nitrogen and oxygen atoms in total. The molecule has 4 heteroatoms. The molecule has 0 saturated heterocycles. The second-order valence-corrected chi connectivity index (χ2v) is 4.27. The fourth-order valence-corrected chi connectivity index (χ4v) is 1.89. The van der Waals surface area contributed by atoms with Crippen molar-refractivity contribution in [1.82, 2.24) is 15.2 Å². The monoisotopic (exact) mass is 271 g/mol. The third-order valence-corrected chi connectivity index (χ3v) is 3.02. The van der Waals surface area contributed by atoms with Crippen LogP contribution in [0.3, 0.4) is 0 Å². The largest absolute Gasteiger partial charge is 0.266 e. The minimum atomic E-state index is -0.0441. The van der Waals surface area contributed by atoms with E-state index in [1.54, 1.807) is 0 Å². The molecule has 96 valence electrons. The average Bonchev–Trinajstić information content (AvgIpc) is 3.08. The number of aromatic amines is 1. The first-order valence-electron chi connectivity index (χ1n) is 5.90. The minimum absolute atomic E-state index is 0.0441. The van der Waals surface area contributed by atoms with Crippen molar-refractivity contribution in [3.05, 3.63) is 84.4 Å². The van der Waals surface area contributed by atoms with Crippen molar-refractivity contribution in [2.45, 2.75) is 5.38 Å². The van der Waals surface area contributed by atoms with E-state index in [-0.39, 0.29) is 5.38 Å². The highest BCUT2D eigenvalue weighted by molar-refractivity contribution is 6.22. The summed E-state index contributed by atoms with van der Waals surface area (Å²) in [5.41, 5.74) is 2.28. The van der Waals surface area contributed by atoms with Crippen LogP contribution in [0, 0.1) is 0 Å². The first-order chi connectivity index (χ1) is 9.38. The lowest BCUT2D eigenvalue weighted by atomic mass is 10.0. The van der Waals surface area contributed by atoms with Gasteiger partial charge in [0.15, 0.2) is 0 Å². The van der Waals surface area contributed by atoms with Crippen LogP contribution in [0.5, 0.6) is 0 Å². The summed E-state index contributed by atoms with van der Waals surface area (Å²) in [7, 11) is 0. The Kier molecular flexibility index (Phi) is 5.14. The van der Waals surface area contributed by atoms with E-state index in [9.17, 15) is 0 Å². The van der Waals surface area contributed by atoms with Crippen LogP contribution in [0.15, 0.2) is 73.3 Å². The van der Waals surface area contributed by atoms with Crippen LogP contribution in [0.25, 0.3) is 0 Å². The molecule has 1 aromatic heterocycles. The Balaban J connectivity index is 0.000000224. The van der Waals surface area contributed by atoms with E-state index in [0.29, 0.717) is 0 Å². The molecule has 3 aromatic rings. The molecular weight excluding hydrogens is 258 g/mol. The molecule has 0 aliphatic carbocycles. The second-order valence-electron chi connectivity index (χ2n) is 3.84. The van der Waals surface area contributed by atoms with Gasteiger partial charge in [0, 0.05) is 0 Å². The number of rotatable bonds is 2. The Hall–Kier alpha value is -2.13. The normalized spacial score (nSPS) is 9.79. The Bertz CT molecular complexity index is 496. The van der Waals surface area contributed by atoms with Gasteiger partial charge in [0.2, 0.25) is 0 Å². The van der Waals surface area contributed by atoms with Gasteiger partial charge in [-0.2, -0.15) is 5.10 Å². The summed E-state index contributed by atoms with van der Waals surface area (Å²) in [5, 5.41) is 5.94. The SMILES string of the molecule is ClC(c1ccccc1)c1ccccc1.c1nc[nH]n1. The first kappa shape index (κ1) is 13.3. The van der Waals surface area contributed by atoms with E-state index in [1.807, 2.05) is 60.7 Å². The molecule has 0 amide bonds. The quantitative estimate of drug-likeness (QED) is 0.720. The van der Waals surface area contributed by atoms with Crippen molar-refractivity contribution in [1.29, 1.82) is 0 Å². The maximum Gasteiger partial charge on any atom is 0.137 e. The van der Waals surface area contributed by atoms with Crippen LogP contribution < -0.4 is 0 Å². The van der Waals surface area contributed by atoms with Crippen molar-refractivity contribution >= 4 is 11.6 Å². The van der Waals surface area contributed by atoms with Crippen LogP contribution in [-0.4, -0.2) is 15.2 Å². The highest BCUT2D eigenvalue weighted by Gasteiger charge is 2.08. The van der Waals surface area contributed by atoms with Gasteiger partial charge in [0.1, 0.15) is 12.7 Å². The molecule has 0 radical (unpaired) electrons. The number of aromatic nitrogens is 3. The highest BCUT2D eigenvalue weighted by atomic mass is 35.5. The Labute approximate surface area is 117 Å². The zero-order valence-electron chi connectivity index (χ0n) is 10.3. The van der Waals surface area contributed by atoms with Crippen LogP contribution in [0.4, 0.5) is 0 Å². The molecule has 0 aliphatic heterocycles.